The third-order valence-corrected chi connectivity index (χ3v) is 7.28. The second-order valence-corrected chi connectivity index (χ2v) is 9.15. The molecule has 2 aromatic rings. The Balaban J connectivity index is 1.71. The molecule has 0 fully saturated rings. The lowest BCUT2D eigenvalue weighted by Crippen LogP contribution is -2.35. The number of hydrogen-bond donors (Lipinski definition) is 0. The van der Waals surface area contributed by atoms with Gasteiger partial charge in [0.1, 0.15) is 17.2 Å². The van der Waals surface area contributed by atoms with Crippen LogP contribution in [0.1, 0.15) is 36.5 Å². The van der Waals surface area contributed by atoms with Crippen LogP contribution >= 0.6 is 11.8 Å². The summed E-state index contributed by atoms with van der Waals surface area (Å²) in [4.78, 5) is 16.6. The summed E-state index contributed by atoms with van der Waals surface area (Å²) in [7, 11) is 4.96. The van der Waals surface area contributed by atoms with Gasteiger partial charge in [-0.3, -0.25) is 4.79 Å². The number of amides is 1. The highest BCUT2D eigenvalue weighted by Crippen LogP contribution is 2.49. The monoisotopic (exact) mass is 439 g/mol. The van der Waals surface area contributed by atoms with E-state index in [-0.39, 0.29) is 11.2 Å². The van der Waals surface area contributed by atoms with E-state index in [2.05, 4.69) is 12.2 Å². The van der Waals surface area contributed by atoms with Gasteiger partial charge in [0.15, 0.2) is 0 Å². The van der Waals surface area contributed by atoms with E-state index in [4.69, 9.17) is 14.2 Å². The van der Waals surface area contributed by atoms with Crippen molar-refractivity contribution in [2.24, 2.45) is 5.92 Å². The number of anilines is 1. The van der Waals surface area contributed by atoms with Gasteiger partial charge in [-0.1, -0.05) is 18.2 Å². The number of carbonyl (C=O) groups excluding carboxylic acids is 1. The third-order valence-electron chi connectivity index (χ3n) is 5.99. The second-order valence-electron chi connectivity index (χ2n) is 7.91. The summed E-state index contributed by atoms with van der Waals surface area (Å²) in [5, 5.41) is -0.0598. The van der Waals surface area contributed by atoms with E-state index >= 15 is 0 Å². The van der Waals surface area contributed by atoms with Crippen LogP contribution in [0.25, 0.3) is 0 Å². The Morgan fingerprint density at radius 3 is 2.48 bits per heavy atom. The van der Waals surface area contributed by atoms with Crippen LogP contribution in [0.4, 0.5) is 5.69 Å². The van der Waals surface area contributed by atoms with Crippen LogP contribution in [0.5, 0.6) is 17.2 Å². The van der Waals surface area contributed by atoms with Crippen LogP contribution in [0, 0.1) is 5.92 Å². The molecule has 5 nitrogen and oxygen atoms in total. The van der Waals surface area contributed by atoms with Gasteiger partial charge in [-0.2, -0.15) is 0 Å². The fraction of sp³-hybridized carbons (Fsp3) is 0.400. The van der Waals surface area contributed by atoms with Crippen LogP contribution in [0.2, 0.25) is 0 Å². The van der Waals surface area contributed by atoms with E-state index in [0.717, 1.165) is 59.2 Å². The van der Waals surface area contributed by atoms with E-state index in [1.807, 2.05) is 41.3 Å². The van der Waals surface area contributed by atoms with Crippen molar-refractivity contribution in [2.75, 3.05) is 32.8 Å². The first-order valence-electron chi connectivity index (χ1n) is 10.6. The van der Waals surface area contributed by atoms with Gasteiger partial charge >= 0.3 is 0 Å². The standard InChI is InChI=1S/C25H29NO4S/c1-28-18-9-11-20(22(13-18)30-3)23-15-25(27)26(16-17-7-5-4-6-8-17)21-12-10-19(29-2)14-24(21)31-23/h4-5,9-14,17,23H,6-8,15-16H2,1-3H3. The van der Waals surface area contributed by atoms with Gasteiger partial charge in [-0.05, 0) is 49.4 Å². The van der Waals surface area contributed by atoms with Gasteiger partial charge in [0.05, 0.1) is 27.0 Å². The van der Waals surface area contributed by atoms with E-state index < -0.39 is 0 Å². The van der Waals surface area contributed by atoms with Gasteiger partial charge in [-0.15, -0.1) is 11.8 Å². The normalized spacial score (nSPS) is 20.7. The van der Waals surface area contributed by atoms with Crippen LogP contribution in [0.15, 0.2) is 53.4 Å². The zero-order chi connectivity index (χ0) is 21.8. The lowest BCUT2D eigenvalue weighted by atomic mass is 9.93. The zero-order valence-corrected chi connectivity index (χ0v) is 19.1. The number of ether oxygens (including phenoxy) is 3. The van der Waals surface area contributed by atoms with Gasteiger partial charge < -0.3 is 19.1 Å². The topological polar surface area (TPSA) is 48.0 Å². The predicted octanol–water partition coefficient (Wildman–Crippen LogP) is 5.64. The minimum atomic E-state index is -0.0598. The maximum Gasteiger partial charge on any atom is 0.228 e. The van der Waals surface area contributed by atoms with Crippen LogP contribution in [0.3, 0.4) is 0 Å². The molecule has 6 heteroatoms. The Kier molecular flexibility index (Phi) is 6.76. The van der Waals surface area contributed by atoms with Crippen molar-refractivity contribution in [3.63, 3.8) is 0 Å². The first-order chi connectivity index (χ1) is 15.1. The van der Waals surface area contributed by atoms with Gasteiger partial charge in [0.25, 0.3) is 0 Å². The first-order valence-corrected chi connectivity index (χ1v) is 11.5. The number of methoxy groups -OCH3 is 3. The van der Waals surface area contributed by atoms with Crippen molar-refractivity contribution < 1.29 is 19.0 Å². The molecule has 0 bridgehead atoms. The van der Waals surface area contributed by atoms with Gasteiger partial charge in [0, 0.05) is 34.7 Å². The largest absolute Gasteiger partial charge is 0.497 e. The lowest BCUT2D eigenvalue weighted by molar-refractivity contribution is -0.118. The highest BCUT2D eigenvalue weighted by Gasteiger charge is 2.32. The number of benzene rings is 2. The van der Waals surface area contributed by atoms with Crippen molar-refractivity contribution in [1.82, 2.24) is 0 Å². The predicted molar refractivity (Wildman–Crippen MR) is 125 cm³/mol. The summed E-state index contributed by atoms with van der Waals surface area (Å²) in [5.41, 5.74) is 1.97. The van der Waals surface area contributed by atoms with Gasteiger partial charge in [-0.25, -0.2) is 0 Å². The summed E-state index contributed by atoms with van der Waals surface area (Å²) >= 11 is 1.70. The quantitative estimate of drug-likeness (QED) is 0.545. The third kappa shape index (κ3) is 4.69. The maximum absolute atomic E-state index is 13.5. The van der Waals surface area contributed by atoms with Gasteiger partial charge in [0.2, 0.25) is 5.91 Å². The number of carbonyl (C=O) groups is 1. The van der Waals surface area contributed by atoms with E-state index in [0.29, 0.717) is 12.3 Å². The van der Waals surface area contributed by atoms with E-state index in [1.54, 1.807) is 33.1 Å². The Labute approximate surface area is 188 Å². The van der Waals surface area contributed by atoms with Crippen molar-refractivity contribution >= 4 is 23.4 Å². The minimum absolute atomic E-state index is 0.0598. The molecule has 164 valence electrons. The molecule has 0 radical (unpaired) electrons. The van der Waals surface area contributed by atoms with Crippen LogP contribution < -0.4 is 19.1 Å². The van der Waals surface area contributed by atoms with E-state index in [9.17, 15) is 4.79 Å². The molecule has 0 aromatic heterocycles. The van der Waals surface area contributed by atoms with Crippen molar-refractivity contribution in [3.8, 4) is 17.2 Å². The number of nitrogens with zero attached hydrogens (tertiary/aromatic N) is 1. The van der Waals surface area contributed by atoms with Crippen molar-refractivity contribution in [3.05, 3.63) is 54.1 Å². The highest BCUT2D eigenvalue weighted by atomic mass is 32.2. The molecule has 31 heavy (non-hydrogen) atoms. The van der Waals surface area contributed by atoms with E-state index in [1.165, 1.54) is 0 Å². The fourth-order valence-electron chi connectivity index (χ4n) is 4.28. The highest BCUT2D eigenvalue weighted by molar-refractivity contribution is 7.99. The molecular weight excluding hydrogens is 410 g/mol. The molecule has 1 aliphatic carbocycles. The van der Waals surface area contributed by atoms with Crippen molar-refractivity contribution in [1.29, 1.82) is 0 Å². The maximum atomic E-state index is 13.5. The summed E-state index contributed by atoms with van der Waals surface area (Å²) in [6.07, 6.45) is 8.12. The molecule has 0 saturated heterocycles. The summed E-state index contributed by atoms with van der Waals surface area (Å²) in [5.74, 6) is 2.90. The molecule has 4 rings (SSSR count). The average Bonchev–Trinajstić information content (AvgIpc) is 2.95. The summed E-state index contributed by atoms with van der Waals surface area (Å²) in [6, 6.07) is 11.8. The molecule has 0 saturated carbocycles. The lowest BCUT2D eigenvalue weighted by Gasteiger charge is -2.28. The fourth-order valence-corrected chi connectivity index (χ4v) is 5.61. The Hall–Kier alpha value is -2.60. The molecule has 0 N–H and O–H groups in total. The molecule has 1 heterocycles. The Morgan fingerprint density at radius 2 is 1.77 bits per heavy atom. The Bertz CT molecular complexity index is 974. The molecule has 2 aliphatic rings. The number of fused-ring (bicyclic) bond motifs is 1. The molecule has 0 spiro atoms. The number of thioether (sulfide) groups is 1. The minimum Gasteiger partial charge on any atom is -0.497 e. The number of allylic oxidation sites excluding steroid dienone is 2. The SMILES string of the molecule is COc1ccc(C2CC(=O)N(CC3CC=CCC3)c3ccc(OC)cc3S2)c(OC)c1. The molecule has 2 atom stereocenters. The summed E-state index contributed by atoms with van der Waals surface area (Å²) < 4.78 is 16.5. The number of rotatable bonds is 6. The Morgan fingerprint density at radius 1 is 1.00 bits per heavy atom. The second kappa shape index (κ2) is 9.69. The number of hydrogen-bond acceptors (Lipinski definition) is 5. The van der Waals surface area contributed by atoms with Crippen LogP contribution in [-0.2, 0) is 4.79 Å². The van der Waals surface area contributed by atoms with Crippen molar-refractivity contribution in [2.45, 2.75) is 35.8 Å². The van der Waals surface area contributed by atoms with Crippen LogP contribution in [-0.4, -0.2) is 33.8 Å². The molecular formula is C25H29NO4S. The average molecular weight is 440 g/mol. The summed E-state index contributed by atoms with van der Waals surface area (Å²) in [6.45, 7) is 0.746. The first kappa shape index (κ1) is 21.6. The molecule has 1 aliphatic heterocycles. The molecule has 2 unspecified atom stereocenters. The zero-order valence-electron chi connectivity index (χ0n) is 18.3. The smallest absolute Gasteiger partial charge is 0.228 e. The molecule has 2 aromatic carbocycles. The molecule has 1 amide bonds.